The van der Waals surface area contributed by atoms with Gasteiger partial charge >= 0.3 is 0 Å². The summed E-state index contributed by atoms with van der Waals surface area (Å²) in [7, 11) is 0. The molecule has 2 nitrogen and oxygen atoms in total. The molecule has 0 bridgehead atoms. The lowest BCUT2D eigenvalue weighted by Crippen LogP contribution is -1.87. The molecule has 3 aromatic heterocycles. The maximum atomic E-state index is 7.71. The van der Waals surface area contributed by atoms with Crippen LogP contribution < -0.4 is 0 Å². The van der Waals surface area contributed by atoms with Gasteiger partial charge in [0.15, 0.2) is 0 Å². The quantitative estimate of drug-likeness (QED) is 0.499. The molecule has 3 heterocycles. The van der Waals surface area contributed by atoms with Crippen LogP contribution in [0, 0.1) is 6.85 Å². The number of aryl methyl sites for hydroxylation is 1. The van der Waals surface area contributed by atoms with Crippen LogP contribution in [0.25, 0.3) is 31.4 Å². The SMILES string of the molecule is [2H]C([2H])([2H])c1ccncc1-c1cc2c(cn1)sc1ccccc12. The smallest absolute Gasteiger partial charge is 0.0727 e. The van der Waals surface area contributed by atoms with E-state index in [1.165, 1.54) is 10.9 Å². The van der Waals surface area contributed by atoms with Gasteiger partial charge in [0, 0.05) is 43.7 Å². The van der Waals surface area contributed by atoms with Gasteiger partial charge in [-0.25, -0.2) is 0 Å². The third-order valence-electron chi connectivity index (χ3n) is 3.36. The van der Waals surface area contributed by atoms with Crippen molar-refractivity contribution in [3.63, 3.8) is 0 Å². The third kappa shape index (κ3) is 1.71. The third-order valence-corrected chi connectivity index (χ3v) is 4.48. The fourth-order valence-corrected chi connectivity index (χ4v) is 3.43. The van der Waals surface area contributed by atoms with E-state index in [1.54, 1.807) is 23.6 Å². The van der Waals surface area contributed by atoms with E-state index in [1.807, 2.05) is 24.4 Å². The van der Waals surface area contributed by atoms with Crippen LogP contribution in [0.2, 0.25) is 0 Å². The molecule has 20 heavy (non-hydrogen) atoms. The predicted octanol–water partition coefficient (Wildman–Crippen LogP) is 4.82. The van der Waals surface area contributed by atoms with E-state index in [-0.39, 0.29) is 5.56 Å². The molecular weight excluding hydrogens is 264 g/mol. The molecule has 0 aliphatic rings. The summed E-state index contributed by atoms with van der Waals surface area (Å²) in [4.78, 5) is 8.54. The normalized spacial score (nSPS) is 14.1. The Kier molecular flexibility index (Phi) is 1.94. The standard InChI is InChI=1S/C17H12N2S/c1-11-6-7-18-9-14(11)15-8-13-12-4-2-3-5-16(12)20-17(13)10-19-15/h2-10H,1H3/i1D3. The van der Waals surface area contributed by atoms with Gasteiger partial charge in [-0.3, -0.25) is 9.97 Å². The number of benzene rings is 1. The van der Waals surface area contributed by atoms with Crippen molar-refractivity contribution in [1.82, 2.24) is 9.97 Å². The minimum atomic E-state index is -2.19. The molecule has 0 N–H and O–H groups in total. The summed E-state index contributed by atoms with van der Waals surface area (Å²) in [5, 5.41) is 2.26. The fraction of sp³-hybridized carbons (Fsp3) is 0.0588. The van der Waals surface area contributed by atoms with Crippen LogP contribution in [0.5, 0.6) is 0 Å². The van der Waals surface area contributed by atoms with Gasteiger partial charge in [-0.1, -0.05) is 18.2 Å². The Labute approximate surface area is 125 Å². The second kappa shape index (κ2) is 4.39. The highest BCUT2D eigenvalue weighted by Crippen LogP contribution is 2.35. The number of hydrogen-bond acceptors (Lipinski definition) is 3. The summed E-state index contributed by atoms with van der Waals surface area (Å²) in [6.45, 7) is -2.19. The first-order valence-electron chi connectivity index (χ1n) is 7.76. The molecule has 0 saturated heterocycles. The first-order chi connectivity index (χ1) is 11.0. The Morgan fingerprint density at radius 3 is 2.95 bits per heavy atom. The lowest BCUT2D eigenvalue weighted by molar-refractivity contribution is 1.26. The van der Waals surface area contributed by atoms with Crippen molar-refractivity contribution in [2.75, 3.05) is 0 Å². The molecule has 4 aromatic rings. The molecule has 0 spiro atoms. The first kappa shape index (κ1) is 8.82. The van der Waals surface area contributed by atoms with Gasteiger partial charge in [0.1, 0.15) is 0 Å². The largest absolute Gasteiger partial charge is 0.264 e. The average Bonchev–Trinajstić information content (AvgIpc) is 2.92. The molecule has 0 amide bonds. The minimum Gasteiger partial charge on any atom is -0.264 e. The highest BCUT2D eigenvalue weighted by atomic mass is 32.1. The van der Waals surface area contributed by atoms with Crippen molar-refractivity contribution in [3.05, 3.63) is 60.6 Å². The number of rotatable bonds is 1. The molecule has 0 saturated carbocycles. The Morgan fingerprint density at radius 1 is 1.05 bits per heavy atom. The molecule has 0 fully saturated rings. The molecule has 0 atom stereocenters. The van der Waals surface area contributed by atoms with Crippen LogP contribution in [0.15, 0.2) is 55.0 Å². The van der Waals surface area contributed by atoms with Gasteiger partial charge in [-0.15, -0.1) is 11.3 Å². The van der Waals surface area contributed by atoms with Crippen LogP contribution in [0.4, 0.5) is 0 Å². The Balaban J connectivity index is 1.99. The van der Waals surface area contributed by atoms with Crippen LogP contribution in [0.1, 0.15) is 9.68 Å². The van der Waals surface area contributed by atoms with Crippen LogP contribution in [-0.4, -0.2) is 9.97 Å². The van der Waals surface area contributed by atoms with Gasteiger partial charge in [0.25, 0.3) is 0 Å². The molecule has 3 heteroatoms. The number of thiophene rings is 1. The summed E-state index contributed by atoms with van der Waals surface area (Å²) in [5.41, 5.74) is 1.48. The molecular formula is C17H12N2S. The molecule has 0 radical (unpaired) electrons. The highest BCUT2D eigenvalue weighted by Gasteiger charge is 2.08. The van der Waals surface area contributed by atoms with Crippen molar-refractivity contribution >= 4 is 31.5 Å². The summed E-state index contributed by atoms with van der Waals surface area (Å²) < 4.78 is 25.4. The first-order valence-corrected chi connectivity index (χ1v) is 7.08. The Morgan fingerprint density at radius 2 is 2.00 bits per heavy atom. The van der Waals surface area contributed by atoms with Crippen molar-refractivity contribution in [1.29, 1.82) is 0 Å². The van der Waals surface area contributed by atoms with Gasteiger partial charge in [-0.2, -0.15) is 0 Å². The van der Waals surface area contributed by atoms with Crippen LogP contribution in [0.3, 0.4) is 0 Å². The lowest BCUT2D eigenvalue weighted by Gasteiger charge is -2.04. The molecule has 1 aromatic carbocycles. The van der Waals surface area contributed by atoms with Crippen LogP contribution in [-0.2, 0) is 0 Å². The van der Waals surface area contributed by atoms with Gasteiger partial charge in [0.05, 0.1) is 10.4 Å². The van der Waals surface area contributed by atoms with E-state index in [0.717, 1.165) is 15.5 Å². The van der Waals surface area contributed by atoms with E-state index in [2.05, 4.69) is 22.1 Å². The van der Waals surface area contributed by atoms with E-state index in [4.69, 9.17) is 4.11 Å². The molecule has 4 rings (SSSR count). The Bertz CT molecular complexity index is 1020. The van der Waals surface area contributed by atoms with Crippen LogP contribution >= 0.6 is 11.3 Å². The molecule has 0 unspecified atom stereocenters. The number of aromatic nitrogens is 2. The van der Waals surface area contributed by atoms with Gasteiger partial charge in [0.2, 0.25) is 0 Å². The number of fused-ring (bicyclic) bond motifs is 3. The summed E-state index contributed by atoms with van der Waals surface area (Å²) >= 11 is 1.69. The summed E-state index contributed by atoms with van der Waals surface area (Å²) in [5.74, 6) is 0. The van der Waals surface area contributed by atoms with Crippen molar-refractivity contribution in [2.45, 2.75) is 6.85 Å². The monoisotopic (exact) mass is 279 g/mol. The van der Waals surface area contributed by atoms with Crippen molar-refractivity contribution < 1.29 is 4.11 Å². The second-order valence-corrected chi connectivity index (χ2v) is 5.67. The zero-order valence-electron chi connectivity index (χ0n) is 13.5. The van der Waals surface area contributed by atoms with E-state index in [0.29, 0.717) is 11.3 Å². The van der Waals surface area contributed by atoms with E-state index < -0.39 is 6.85 Å². The number of hydrogen-bond donors (Lipinski definition) is 0. The Hall–Kier alpha value is -2.26. The van der Waals surface area contributed by atoms with Crippen molar-refractivity contribution in [2.24, 2.45) is 0 Å². The topological polar surface area (TPSA) is 25.8 Å². The maximum Gasteiger partial charge on any atom is 0.0727 e. The average molecular weight is 279 g/mol. The molecule has 96 valence electrons. The summed E-state index contributed by atoms with van der Waals surface area (Å²) in [6.07, 6.45) is 4.89. The maximum absolute atomic E-state index is 7.71. The van der Waals surface area contributed by atoms with Crippen molar-refractivity contribution in [3.8, 4) is 11.3 Å². The predicted molar refractivity (Wildman–Crippen MR) is 85.1 cm³/mol. The highest BCUT2D eigenvalue weighted by molar-refractivity contribution is 7.25. The molecule has 0 aliphatic heterocycles. The number of pyridine rings is 2. The van der Waals surface area contributed by atoms with Gasteiger partial charge in [-0.05, 0) is 30.6 Å². The second-order valence-electron chi connectivity index (χ2n) is 4.59. The molecule has 0 aliphatic carbocycles. The fourth-order valence-electron chi connectivity index (χ4n) is 2.38. The lowest BCUT2D eigenvalue weighted by atomic mass is 10.1. The summed E-state index contributed by atoms with van der Waals surface area (Å²) in [6, 6.07) is 11.7. The number of nitrogens with zero attached hydrogens (tertiary/aromatic N) is 2. The zero-order chi connectivity index (χ0) is 16.0. The zero-order valence-corrected chi connectivity index (χ0v) is 11.3. The minimum absolute atomic E-state index is 0.277. The van der Waals surface area contributed by atoms with Gasteiger partial charge < -0.3 is 0 Å². The van der Waals surface area contributed by atoms with E-state index in [9.17, 15) is 0 Å². The van der Waals surface area contributed by atoms with E-state index >= 15 is 0 Å².